The molecule has 1 atom stereocenters. The van der Waals surface area contributed by atoms with Crippen LogP contribution in [0.4, 0.5) is 0 Å². The number of carbonyl (C=O) groups excluding carboxylic acids is 1. The number of pyridine rings is 1. The van der Waals surface area contributed by atoms with E-state index in [2.05, 4.69) is 39.1 Å². The fraction of sp³-hybridized carbons (Fsp3) is 0.579. The number of morpholine rings is 1. The average molecular weight is 372 g/mol. The zero-order valence-corrected chi connectivity index (χ0v) is 16.0. The zero-order valence-electron chi connectivity index (χ0n) is 16.0. The first-order valence-corrected chi connectivity index (χ1v) is 9.64. The lowest BCUT2D eigenvalue weighted by Crippen LogP contribution is -2.52. The molecular weight excluding hydrogens is 344 g/mol. The summed E-state index contributed by atoms with van der Waals surface area (Å²) in [6.45, 7) is 8.43. The number of amides is 1. The highest BCUT2D eigenvalue weighted by atomic mass is 16.5. The Hall–Kier alpha value is -2.32. The van der Waals surface area contributed by atoms with E-state index in [0.717, 1.165) is 39.1 Å². The third-order valence-electron chi connectivity index (χ3n) is 5.24. The van der Waals surface area contributed by atoms with Crippen molar-refractivity contribution in [1.82, 2.24) is 30.0 Å². The molecular formula is C19H28N6O2. The second-order valence-corrected chi connectivity index (χ2v) is 6.75. The van der Waals surface area contributed by atoms with Gasteiger partial charge < -0.3 is 10.1 Å². The molecule has 0 aliphatic carbocycles. The summed E-state index contributed by atoms with van der Waals surface area (Å²) in [7, 11) is 0. The van der Waals surface area contributed by atoms with Gasteiger partial charge in [0.1, 0.15) is 12.7 Å². The predicted octanol–water partition coefficient (Wildman–Crippen LogP) is 1.53. The van der Waals surface area contributed by atoms with Crippen molar-refractivity contribution in [1.29, 1.82) is 0 Å². The number of hydrogen-bond acceptors (Lipinski definition) is 6. The summed E-state index contributed by atoms with van der Waals surface area (Å²) in [5.41, 5.74) is 0.570. The molecule has 8 nitrogen and oxygen atoms in total. The highest BCUT2D eigenvalue weighted by Gasteiger charge is 2.27. The van der Waals surface area contributed by atoms with Crippen LogP contribution in [0.3, 0.4) is 0 Å². The lowest BCUT2D eigenvalue weighted by molar-refractivity contribution is 0.00191. The summed E-state index contributed by atoms with van der Waals surface area (Å²) in [6, 6.07) is 3.77. The minimum Gasteiger partial charge on any atom is -0.379 e. The van der Waals surface area contributed by atoms with Crippen molar-refractivity contribution in [3.05, 3.63) is 36.5 Å². The van der Waals surface area contributed by atoms with Gasteiger partial charge >= 0.3 is 0 Å². The van der Waals surface area contributed by atoms with Crippen molar-refractivity contribution in [3.8, 4) is 5.82 Å². The van der Waals surface area contributed by atoms with Crippen molar-refractivity contribution < 1.29 is 9.53 Å². The normalized spacial score (nSPS) is 16.4. The maximum absolute atomic E-state index is 12.7. The number of rotatable bonds is 8. The third kappa shape index (κ3) is 4.90. The summed E-state index contributed by atoms with van der Waals surface area (Å²) in [5.74, 6) is 1.03. The number of nitrogens with zero attached hydrogens (tertiary/aromatic N) is 5. The zero-order chi connectivity index (χ0) is 19.1. The van der Waals surface area contributed by atoms with Crippen LogP contribution in [-0.2, 0) is 4.74 Å². The molecule has 0 spiro atoms. The number of carbonyl (C=O) groups is 1. The van der Waals surface area contributed by atoms with Gasteiger partial charge in [-0.25, -0.2) is 14.6 Å². The van der Waals surface area contributed by atoms with E-state index in [1.165, 1.54) is 11.0 Å². The van der Waals surface area contributed by atoms with Gasteiger partial charge in [0, 0.05) is 37.4 Å². The molecule has 1 aliphatic rings. The highest BCUT2D eigenvalue weighted by molar-refractivity contribution is 5.94. The topological polar surface area (TPSA) is 85.2 Å². The second-order valence-electron chi connectivity index (χ2n) is 6.75. The molecule has 8 heteroatoms. The number of ether oxygens (including phenoxy) is 1. The van der Waals surface area contributed by atoms with Crippen LogP contribution in [0, 0.1) is 5.92 Å². The van der Waals surface area contributed by atoms with Crippen LogP contribution in [0.15, 0.2) is 31.0 Å². The summed E-state index contributed by atoms with van der Waals surface area (Å²) in [4.78, 5) is 23.3. The van der Waals surface area contributed by atoms with Crippen LogP contribution in [-0.4, -0.2) is 69.4 Å². The molecule has 0 saturated carbocycles. The van der Waals surface area contributed by atoms with Gasteiger partial charge in [-0.2, -0.15) is 5.10 Å². The second kappa shape index (κ2) is 9.57. The first-order valence-electron chi connectivity index (χ1n) is 9.64. The SMILES string of the molecule is CCC(CC)C(CNC(=O)c1ccnc(-n2cncn2)c1)N1CCOCC1. The molecule has 2 aromatic rings. The molecule has 0 aromatic carbocycles. The molecule has 1 saturated heterocycles. The molecule has 3 heterocycles. The Balaban J connectivity index is 1.67. The molecule has 1 N–H and O–H groups in total. The standard InChI is InChI=1S/C19H28N6O2/c1-3-15(4-2)17(24-7-9-27-10-8-24)12-22-19(26)16-5-6-21-18(11-16)25-14-20-13-23-25/h5-6,11,13-15,17H,3-4,7-10,12H2,1-2H3,(H,22,26). The first-order chi connectivity index (χ1) is 13.2. The Labute approximate surface area is 159 Å². The largest absolute Gasteiger partial charge is 0.379 e. The van der Waals surface area contributed by atoms with E-state index in [1.54, 1.807) is 24.7 Å². The quantitative estimate of drug-likeness (QED) is 0.756. The molecule has 0 bridgehead atoms. The Morgan fingerprint density at radius 1 is 1.30 bits per heavy atom. The number of aromatic nitrogens is 4. The monoisotopic (exact) mass is 372 g/mol. The van der Waals surface area contributed by atoms with Gasteiger partial charge in [-0.05, 0) is 18.1 Å². The van der Waals surface area contributed by atoms with E-state index in [9.17, 15) is 4.79 Å². The minimum absolute atomic E-state index is 0.0945. The van der Waals surface area contributed by atoms with Crippen molar-refractivity contribution in [2.45, 2.75) is 32.7 Å². The van der Waals surface area contributed by atoms with Crippen LogP contribution < -0.4 is 5.32 Å². The van der Waals surface area contributed by atoms with Gasteiger partial charge in [0.2, 0.25) is 0 Å². The maximum atomic E-state index is 12.7. The molecule has 1 aliphatic heterocycles. The average Bonchev–Trinajstić information content (AvgIpc) is 3.26. The van der Waals surface area contributed by atoms with Crippen molar-refractivity contribution >= 4 is 5.91 Å². The molecule has 1 amide bonds. The Bertz CT molecular complexity index is 711. The summed E-state index contributed by atoms with van der Waals surface area (Å²) >= 11 is 0. The molecule has 27 heavy (non-hydrogen) atoms. The first kappa shape index (κ1) is 19.4. The summed E-state index contributed by atoms with van der Waals surface area (Å²) in [6.07, 6.45) is 6.81. The Kier molecular flexibility index (Phi) is 6.89. The molecule has 1 unspecified atom stereocenters. The van der Waals surface area contributed by atoms with Crippen LogP contribution in [0.25, 0.3) is 5.82 Å². The van der Waals surface area contributed by atoms with Crippen molar-refractivity contribution in [3.63, 3.8) is 0 Å². The van der Waals surface area contributed by atoms with E-state index in [-0.39, 0.29) is 5.91 Å². The lowest BCUT2D eigenvalue weighted by Gasteiger charge is -2.38. The smallest absolute Gasteiger partial charge is 0.251 e. The van der Waals surface area contributed by atoms with Crippen LogP contribution in [0.2, 0.25) is 0 Å². The van der Waals surface area contributed by atoms with Gasteiger partial charge in [0.15, 0.2) is 5.82 Å². The summed E-state index contributed by atoms with van der Waals surface area (Å²) < 4.78 is 7.03. The molecule has 0 radical (unpaired) electrons. The minimum atomic E-state index is -0.0945. The van der Waals surface area contributed by atoms with E-state index in [1.807, 2.05) is 0 Å². The summed E-state index contributed by atoms with van der Waals surface area (Å²) in [5, 5.41) is 7.18. The van der Waals surface area contributed by atoms with Gasteiger partial charge in [-0.3, -0.25) is 9.69 Å². The molecule has 146 valence electrons. The van der Waals surface area contributed by atoms with Gasteiger partial charge in [-0.15, -0.1) is 0 Å². The number of nitrogens with one attached hydrogen (secondary N) is 1. The third-order valence-corrected chi connectivity index (χ3v) is 5.24. The van der Waals surface area contributed by atoms with E-state index >= 15 is 0 Å². The molecule has 2 aromatic heterocycles. The highest BCUT2D eigenvalue weighted by Crippen LogP contribution is 2.19. The molecule has 1 fully saturated rings. The van der Waals surface area contributed by atoms with E-state index in [4.69, 9.17) is 4.74 Å². The lowest BCUT2D eigenvalue weighted by atomic mass is 9.92. The maximum Gasteiger partial charge on any atom is 0.251 e. The van der Waals surface area contributed by atoms with Gasteiger partial charge in [0.05, 0.1) is 13.2 Å². The van der Waals surface area contributed by atoms with Crippen LogP contribution >= 0.6 is 0 Å². The fourth-order valence-electron chi connectivity index (χ4n) is 3.65. The van der Waals surface area contributed by atoms with Gasteiger partial charge in [0.25, 0.3) is 5.91 Å². The Morgan fingerprint density at radius 2 is 2.07 bits per heavy atom. The number of hydrogen-bond donors (Lipinski definition) is 1. The van der Waals surface area contributed by atoms with Gasteiger partial charge in [-0.1, -0.05) is 26.7 Å². The van der Waals surface area contributed by atoms with Crippen LogP contribution in [0.5, 0.6) is 0 Å². The van der Waals surface area contributed by atoms with E-state index < -0.39 is 0 Å². The Morgan fingerprint density at radius 3 is 2.74 bits per heavy atom. The molecule has 3 rings (SSSR count). The fourth-order valence-corrected chi connectivity index (χ4v) is 3.65. The predicted molar refractivity (Wildman–Crippen MR) is 102 cm³/mol. The van der Waals surface area contributed by atoms with Crippen molar-refractivity contribution in [2.75, 3.05) is 32.8 Å². The van der Waals surface area contributed by atoms with Crippen LogP contribution in [0.1, 0.15) is 37.0 Å². The van der Waals surface area contributed by atoms with Crippen molar-refractivity contribution in [2.24, 2.45) is 5.92 Å². The van der Waals surface area contributed by atoms with E-state index in [0.29, 0.717) is 29.9 Å².